The Bertz CT molecular complexity index is 409. The average Bonchev–Trinajstić information content (AvgIpc) is 2.49. The lowest BCUT2D eigenvalue weighted by Gasteiger charge is -1.95. The number of aryl methyl sites for hydroxylation is 1. The Hall–Kier alpha value is -0.730. The largest absolute Gasteiger partial charge is 1.00 e. The second kappa shape index (κ2) is 3.99. The Balaban J connectivity index is 0.000000845. The summed E-state index contributed by atoms with van der Waals surface area (Å²) in [4.78, 5) is 4.32. The highest BCUT2D eigenvalue weighted by molar-refractivity contribution is 6.16. The van der Waals surface area contributed by atoms with Crippen molar-refractivity contribution in [3.05, 3.63) is 35.8 Å². The van der Waals surface area contributed by atoms with Crippen LogP contribution in [0.4, 0.5) is 0 Å². The first-order chi connectivity index (χ1) is 5.81. The van der Waals surface area contributed by atoms with Crippen molar-refractivity contribution in [1.82, 2.24) is 9.38 Å². The molecule has 0 aromatic carbocycles. The van der Waals surface area contributed by atoms with Crippen molar-refractivity contribution in [1.29, 1.82) is 0 Å². The van der Waals surface area contributed by atoms with E-state index in [1.54, 1.807) is 0 Å². The third-order valence-corrected chi connectivity index (χ3v) is 2.16. The van der Waals surface area contributed by atoms with Crippen molar-refractivity contribution in [2.75, 3.05) is 0 Å². The van der Waals surface area contributed by atoms with Crippen molar-refractivity contribution in [2.45, 2.75) is 12.8 Å². The molecule has 0 aliphatic heterocycles. The molecule has 0 unspecified atom stereocenters. The molecule has 0 saturated heterocycles. The maximum atomic E-state index is 5.67. The summed E-state index contributed by atoms with van der Waals surface area (Å²) in [6, 6.07) is 6.02. The number of hydrogen-bond acceptors (Lipinski definition) is 1. The van der Waals surface area contributed by atoms with Crippen LogP contribution in [-0.2, 0) is 5.88 Å². The molecule has 0 radical (unpaired) electrons. The highest BCUT2D eigenvalue weighted by atomic mass is 35.5. The van der Waals surface area contributed by atoms with E-state index in [1.165, 1.54) is 5.69 Å². The lowest BCUT2D eigenvalue weighted by atomic mass is 10.4. The highest BCUT2D eigenvalue weighted by Crippen LogP contribution is 2.09. The quantitative estimate of drug-likeness (QED) is 0.581. The number of aromatic nitrogens is 2. The van der Waals surface area contributed by atoms with Gasteiger partial charge in [0.15, 0.2) is 0 Å². The Kier molecular flexibility index (Phi) is 3.17. The number of alkyl halides is 1. The van der Waals surface area contributed by atoms with E-state index in [9.17, 15) is 0 Å². The van der Waals surface area contributed by atoms with Gasteiger partial charge in [-0.1, -0.05) is 6.07 Å². The van der Waals surface area contributed by atoms with Crippen LogP contribution in [0.2, 0.25) is 0 Å². The van der Waals surface area contributed by atoms with Gasteiger partial charge in [0, 0.05) is 11.9 Å². The van der Waals surface area contributed by atoms with Gasteiger partial charge in [-0.15, -0.1) is 11.6 Å². The van der Waals surface area contributed by atoms with Gasteiger partial charge in [-0.25, -0.2) is 4.98 Å². The topological polar surface area (TPSA) is 17.3 Å². The SMILES string of the molecule is Cc1cccc2nc(CCl)cn12.[Cl-]. The summed E-state index contributed by atoms with van der Waals surface area (Å²) in [7, 11) is 0. The predicted molar refractivity (Wildman–Crippen MR) is 49.5 cm³/mol. The Morgan fingerprint density at radius 2 is 2.23 bits per heavy atom. The van der Waals surface area contributed by atoms with E-state index in [1.807, 2.05) is 35.7 Å². The third kappa shape index (κ3) is 1.79. The lowest BCUT2D eigenvalue weighted by molar-refractivity contribution is -0.00000260. The average molecular weight is 216 g/mol. The first-order valence-corrected chi connectivity index (χ1v) is 4.34. The van der Waals surface area contributed by atoms with Crippen molar-refractivity contribution in [2.24, 2.45) is 0 Å². The van der Waals surface area contributed by atoms with Crippen molar-refractivity contribution < 1.29 is 12.4 Å². The molecule has 0 saturated carbocycles. The fourth-order valence-electron chi connectivity index (χ4n) is 1.26. The van der Waals surface area contributed by atoms with Crippen LogP contribution < -0.4 is 12.4 Å². The molecule has 2 nitrogen and oxygen atoms in total. The maximum Gasteiger partial charge on any atom is 0.137 e. The molecule has 0 N–H and O–H groups in total. The predicted octanol–water partition coefficient (Wildman–Crippen LogP) is -0.614. The van der Waals surface area contributed by atoms with Gasteiger partial charge in [-0.05, 0) is 19.1 Å². The standard InChI is InChI=1S/C9H9ClN2.ClH/c1-7-3-2-4-9-11-8(5-10)6-12(7)9;/h2-4,6H,5H2,1H3;1H/p-1. The molecule has 0 aliphatic rings. The first-order valence-electron chi connectivity index (χ1n) is 3.81. The Morgan fingerprint density at radius 3 is 2.85 bits per heavy atom. The zero-order valence-electron chi connectivity index (χ0n) is 7.17. The molecule has 4 heteroatoms. The van der Waals surface area contributed by atoms with Crippen LogP contribution in [0, 0.1) is 6.92 Å². The first kappa shape index (κ1) is 10.4. The Morgan fingerprint density at radius 1 is 1.46 bits per heavy atom. The summed E-state index contributed by atoms with van der Waals surface area (Å²) >= 11 is 5.67. The molecule has 2 heterocycles. The summed E-state index contributed by atoms with van der Waals surface area (Å²) < 4.78 is 2.04. The molecular formula is C9H9Cl2N2-. The molecule has 0 spiro atoms. The minimum Gasteiger partial charge on any atom is -1.00 e. The summed E-state index contributed by atoms with van der Waals surface area (Å²) in [5, 5.41) is 0. The Labute approximate surface area is 88.0 Å². The smallest absolute Gasteiger partial charge is 0.137 e. The number of pyridine rings is 1. The minimum absolute atomic E-state index is 0. The van der Waals surface area contributed by atoms with Gasteiger partial charge >= 0.3 is 0 Å². The zero-order valence-corrected chi connectivity index (χ0v) is 8.68. The number of nitrogens with zero attached hydrogens (tertiary/aromatic N) is 2. The molecule has 13 heavy (non-hydrogen) atoms. The van der Waals surface area contributed by atoms with E-state index in [-0.39, 0.29) is 12.4 Å². The molecule has 2 aromatic rings. The fraction of sp³-hybridized carbons (Fsp3) is 0.222. The monoisotopic (exact) mass is 215 g/mol. The van der Waals surface area contributed by atoms with Gasteiger partial charge in [0.2, 0.25) is 0 Å². The van der Waals surface area contributed by atoms with Gasteiger partial charge in [0.25, 0.3) is 0 Å². The number of imidazole rings is 1. The van der Waals surface area contributed by atoms with Crippen LogP contribution in [0.3, 0.4) is 0 Å². The van der Waals surface area contributed by atoms with E-state index < -0.39 is 0 Å². The summed E-state index contributed by atoms with van der Waals surface area (Å²) in [6.07, 6.45) is 1.97. The molecule has 0 bridgehead atoms. The number of rotatable bonds is 1. The van der Waals surface area contributed by atoms with Gasteiger partial charge < -0.3 is 16.8 Å². The molecule has 0 aliphatic carbocycles. The van der Waals surface area contributed by atoms with Gasteiger partial charge in [-0.2, -0.15) is 0 Å². The van der Waals surface area contributed by atoms with E-state index in [0.29, 0.717) is 5.88 Å². The summed E-state index contributed by atoms with van der Waals surface area (Å²) in [6.45, 7) is 2.05. The molecule has 2 aromatic heterocycles. The van der Waals surface area contributed by atoms with Gasteiger partial charge in [0.05, 0.1) is 11.6 Å². The molecular weight excluding hydrogens is 207 g/mol. The third-order valence-electron chi connectivity index (χ3n) is 1.88. The molecule has 70 valence electrons. The van der Waals surface area contributed by atoms with Crippen LogP contribution >= 0.6 is 11.6 Å². The van der Waals surface area contributed by atoms with E-state index in [0.717, 1.165) is 11.3 Å². The summed E-state index contributed by atoms with van der Waals surface area (Å²) in [5.74, 6) is 0.473. The highest BCUT2D eigenvalue weighted by Gasteiger charge is 2.00. The van der Waals surface area contributed by atoms with Crippen LogP contribution in [0.15, 0.2) is 24.4 Å². The van der Waals surface area contributed by atoms with Crippen LogP contribution in [0.1, 0.15) is 11.4 Å². The van der Waals surface area contributed by atoms with E-state index in [4.69, 9.17) is 11.6 Å². The van der Waals surface area contributed by atoms with Crippen molar-refractivity contribution in [3.63, 3.8) is 0 Å². The molecule has 0 atom stereocenters. The van der Waals surface area contributed by atoms with E-state index in [2.05, 4.69) is 4.98 Å². The lowest BCUT2D eigenvalue weighted by Crippen LogP contribution is -3.00. The van der Waals surface area contributed by atoms with Crippen LogP contribution in [0.25, 0.3) is 5.65 Å². The van der Waals surface area contributed by atoms with E-state index >= 15 is 0 Å². The molecule has 2 rings (SSSR count). The fourth-order valence-corrected chi connectivity index (χ4v) is 1.39. The number of fused-ring (bicyclic) bond motifs is 1. The van der Waals surface area contributed by atoms with Crippen molar-refractivity contribution in [3.8, 4) is 0 Å². The summed E-state index contributed by atoms with van der Waals surface area (Å²) in [5.41, 5.74) is 3.06. The number of halogens is 2. The van der Waals surface area contributed by atoms with Gasteiger partial charge in [0.1, 0.15) is 5.65 Å². The number of hydrogen-bond donors (Lipinski definition) is 0. The second-order valence-corrected chi connectivity index (χ2v) is 3.03. The normalized spacial score (nSPS) is 10.0. The van der Waals surface area contributed by atoms with Crippen LogP contribution in [0.5, 0.6) is 0 Å². The van der Waals surface area contributed by atoms with Crippen molar-refractivity contribution >= 4 is 17.2 Å². The van der Waals surface area contributed by atoms with Gasteiger partial charge in [-0.3, -0.25) is 0 Å². The molecule has 0 fully saturated rings. The van der Waals surface area contributed by atoms with Crippen LogP contribution in [-0.4, -0.2) is 9.38 Å². The second-order valence-electron chi connectivity index (χ2n) is 2.76. The zero-order chi connectivity index (χ0) is 8.55. The molecule has 0 amide bonds. The minimum atomic E-state index is 0. The maximum absolute atomic E-state index is 5.67.